The Kier molecular flexibility index (Phi) is 8.88. The Morgan fingerprint density at radius 2 is 1.92 bits per heavy atom. The molecule has 8 nitrogen and oxygen atoms in total. The van der Waals surface area contributed by atoms with Crippen LogP contribution in [-0.2, 0) is 17.6 Å². The zero-order valence-electron chi connectivity index (χ0n) is 20.7. The van der Waals surface area contributed by atoms with Crippen LogP contribution in [0.4, 0.5) is 26.2 Å². The van der Waals surface area contributed by atoms with Gasteiger partial charge in [0, 0.05) is 44.2 Å². The largest absolute Gasteiger partial charge is 0.480 e. The maximum absolute atomic E-state index is 13.4. The summed E-state index contributed by atoms with van der Waals surface area (Å²) in [5, 5.41) is 16.0. The first-order valence-electron chi connectivity index (χ1n) is 13.1. The molecule has 0 amide bonds. The van der Waals surface area contributed by atoms with Gasteiger partial charge in [0.15, 0.2) is 0 Å². The van der Waals surface area contributed by atoms with Crippen molar-refractivity contribution in [2.75, 3.05) is 35.2 Å². The molecule has 1 fully saturated rings. The number of carboxylic acid groups (broad SMARTS) is 1. The van der Waals surface area contributed by atoms with E-state index in [-0.39, 0.29) is 25.9 Å². The van der Waals surface area contributed by atoms with Crippen molar-refractivity contribution in [3.05, 3.63) is 35.8 Å². The Hall–Kier alpha value is -3.04. The average molecular weight is 503 g/mol. The Morgan fingerprint density at radius 3 is 2.72 bits per heavy atom. The first-order chi connectivity index (χ1) is 17.4. The van der Waals surface area contributed by atoms with Gasteiger partial charge in [0.2, 0.25) is 0 Å². The molecule has 10 heteroatoms. The van der Waals surface area contributed by atoms with Crippen molar-refractivity contribution in [1.82, 2.24) is 15.0 Å². The Balaban J connectivity index is 1.16. The van der Waals surface area contributed by atoms with Gasteiger partial charge in [0.1, 0.15) is 29.8 Å². The summed E-state index contributed by atoms with van der Waals surface area (Å²) in [6.45, 7) is 1.42. The first kappa shape index (κ1) is 26.0. The maximum atomic E-state index is 13.4. The van der Waals surface area contributed by atoms with E-state index in [1.165, 1.54) is 11.9 Å². The van der Waals surface area contributed by atoms with Gasteiger partial charge in [0.25, 0.3) is 5.92 Å². The predicted octanol–water partition coefficient (Wildman–Crippen LogP) is 4.91. The van der Waals surface area contributed by atoms with Crippen LogP contribution in [0.2, 0.25) is 0 Å². The molecule has 0 aromatic carbocycles. The van der Waals surface area contributed by atoms with Crippen molar-refractivity contribution >= 4 is 23.4 Å². The number of anilines is 3. The number of rotatable bonds is 12. The van der Waals surface area contributed by atoms with E-state index in [0.29, 0.717) is 18.1 Å². The number of piperidine rings is 1. The van der Waals surface area contributed by atoms with Gasteiger partial charge >= 0.3 is 5.97 Å². The molecule has 1 atom stereocenters. The standard InChI is InChI=1S/C26H36F2N6O2/c27-26(28)12-15-34(16-13-26)23-17-22(30-18-31-23)33-21(25(35)36)9-5-3-1-2-4-8-20-11-10-19-7-6-14-29-24(19)32-20/h10-11,17-18,21H,1-9,12-16H2,(H,29,32)(H,35,36)(H,30,31,33). The van der Waals surface area contributed by atoms with Gasteiger partial charge in [-0.15, -0.1) is 0 Å². The van der Waals surface area contributed by atoms with Gasteiger partial charge in [-0.3, -0.25) is 0 Å². The van der Waals surface area contributed by atoms with Crippen molar-refractivity contribution in [3.63, 3.8) is 0 Å². The molecular weight excluding hydrogens is 466 g/mol. The van der Waals surface area contributed by atoms with E-state index in [1.807, 2.05) is 0 Å². The molecule has 0 spiro atoms. The molecule has 1 saturated heterocycles. The van der Waals surface area contributed by atoms with Crippen molar-refractivity contribution in [2.24, 2.45) is 0 Å². The van der Waals surface area contributed by atoms with Crippen LogP contribution in [0, 0.1) is 0 Å². The minimum atomic E-state index is -2.63. The summed E-state index contributed by atoms with van der Waals surface area (Å²) >= 11 is 0. The second-order valence-electron chi connectivity index (χ2n) is 9.79. The molecule has 0 radical (unpaired) electrons. The van der Waals surface area contributed by atoms with Crippen molar-refractivity contribution < 1.29 is 18.7 Å². The quantitative estimate of drug-likeness (QED) is 0.352. The van der Waals surface area contributed by atoms with Gasteiger partial charge in [-0.25, -0.2) is 28.5 Å². The van der Waals surface area contributed by atoms with Crippen molar-refractivity contribution in [1.29, 1.82) is 0 Å². The Bertz CT molecular complexity index is 1010. The zero-order chi connectivity index (χ0) is 25.4. The molecular formula is C26H36F2N6O2. The summed E-state index contributed by atoms with van der Waals surface area (Å²) in [5.74, 6) is -1.58. The number of halogens is 2. The second kappa shape index (κ2) is 12.3. The molecule has 2 aliphatic heterocycles. The molecule has 0 saturated carbocycles. The van der Waals surface area contributed by atoms with Gasteiger partial charge in [0.05, 0.1) is 0 Å². The average Bonchev–Trinajstić information content (AvgIpc) is 2.87. The third-order valence-corrected chi connectivity index (χ3v) is 6.97. The molecule has 4 heterocycles. The SMILES string of the molecule is O=C(O)C(CCCCCCCc1ccc2c(n1)NCCC2)Nc1cc(N2CCC(F)(F)CC2)ncn1. The number of aromatic nitrogens is 3. The zero-order valence-corrected chi connectivity index (χ0v) is 20.7. The van der Waals surface area contributed by atoms with Crippen LogP contribution >= 0.6 is 0 Å². The number of pyridine rings is 1. The summed E-state index contributed by atoms with van der Waals surface area (Å²) in [5.41, 5.74) is 2.43. The van der Waals surface area contributed by atoms with Crippen LogP contribution in [0.1, 0.15) is 69.0 Å². The Morgan fingerprint density at radius 1 is 1.14 bits per heavy atom. The van der Waals surface area contributed by atoms with Crippen LogP contribution in [0.25, 0.3) is 0 Å². The monoisotopic (exact) mass is 502 g/mol. The lowest BCUT2D eigenvalue weighted by Gasteiger charge is -2.32. The lowest BCUT2D eigenvalue weighted by molar-refractivity contribution is -0.138. The molecule has 36 heavy (non-hydrogen) atoms. The number of nitrogens with zero attached hydrogens (tertiary/aromatic N) is 4. The Labute approximate surface area is 210 Å². The number of nitrogens with one attached hydrogen (secondary N) is 2. The molecule has 2 aromatic heterocycles. The highest BCUT2D eigenvalue weighted by atomic mass is 19.3. The van der Waals surface area contributed by atoms with Crippen LogP contribution in [0.15, 0.2) is 24.5 Å². The summed E-state index contributed by atoms with van der Waals surface area (Å²) < 4.78 is 26.9. The van der Waals surface area contributed by atoms with Crippen LogP contribution in [0.3, 0.4) is 0 Å². The fourth-order valence-electron chi connectivity index (χ4n) is 4.79. The van der Waals surface area contributed by atoms with E-state index in [0.717, 1.165) is 69.4 Å². The number of unbranched alkanes of at least 4 members (excludes halogenated alkanes) is 4. The van der Waals surface area contributed by atoms with E-state index in [9.17, 15) is 18.7 Å². The molecule has 1 unspecified atom stereocenters. The summed E-state index contributed by atoms with van der Waals surface area (Å²) in [4.78, 5) is 26.6. The van der Waals surface area contributed by atoms with Gasteiger partial charge in [-0.05, 0) is 43.7 Å². The lowest BCUT2D eigenvalue weighted by Crippen LogP contribution is -2.39. The predicted molar refractivity (Wildman–Crippen MR) is 136 cm³/mol. The van der Waals surface area contributed by atoms with Crippen LogP contribution < -0.4 is 15.5 Å². The number of hydrogen-bond acceptors (Lipinski definition) is 7. The molecule has 4 rings (SSSR count). The number of aryl methyl sites for hydroxylation is 2. The number of alkyl halides is 2. The van der Waals surface area contributed by atoms with E-state index in [4.69, 9.17) is 4.98 Å². The number of carbonyl (C=O) groups is 1. The highest BCUT2D eigenvalue weighted by Crippen LogP contribution is 2.30. The van der Waals surface area contributed by atoms with E-state index in [1.54, 1.807) is 11.0 Å². The molecule has 196 valence electrons. The highest BCUT2D eigenvalue weighted by molar-refractivity contribution is 5.77. The van der Waals surface area contributed by atoms with Crippen molar-refractivity contribution in [2.45, 2.75) is 82.6 Å². The van der Waals surface area contributed by atoms with E-state index in [2.05, 4.69) is 32.7 Å². The summed E-state index contributed by atoms with van der Waals surface area (Å²) in [6, 6.07) is 5.21. The van der Waals surface area contributed by atoms with Gasteiger partial charge in [-0.2, -0.15) is 0 Å². The fraction of sp³-hybridized carbons (Fsp3) is 0.615. The third-order valence-electron chi connectivity index (χ3n) is 6.97. The first-order valence-corrected chi connectivity index (χ1v) is 13.1. The van der Waals surface area contributed by atoms with E-state index >= 15 is 0 Å². The second-order valence-corrected chi connectivity index (χ2v) is 9.79. The fourth-order valence-corrected chi connectivity index (χ4v) is 4.79. The molecule has 2 aliphatic rings. The molecule has 0 aliphatic carbocycles. The maximum Gasteiger partial charge on any atom is 0.326 e. The molecule has 2 aromatic rings. The van der Waals surface area contributed by atoms with Crippen molar-refractivity contribution in [3.8, 4) is 0 Å². The number of fused-ring (bicyclic) bond motifs is 1. The minimum Gasteiger partial charge on any atom is -0.480 e. The number of aliphatic carboxylic acids is 1. The minimum absolute atomic E-state index is 0.210. The lowest BCUT2D eigenvalue weighted by atomic mass is 10.0. The van der Waals surface area contributed by atoms with Crippen LogP contribution in [0.5, 0.6) is 0 Å². The smallest absolute Gasteiger partial charge is 0.326 e. The molecule has 3 N–H and O–H groups in total. The number of carboxylic acids is 1. The normalized spacial score (nSPS) is 17.7. The third kappa shape index (κ3) is 7.48. The van der Waals surface area contributed by atoms with Crippen LogP contribution in [-0.4, -0.2) is 57.6 Å². The summed E-state index contributed by atoms with van der Waals surface area (Å²) in [7, 11) is 0. The highest BCUT2D eigenvalue weighted by Gasteiger charge is 2.34. The number of hydrogen-bond donors (Lipinski definition) is 3. The van der Waals surface area contributed by atoms with Gasteiger partial charge < -0.3 is 20.6 Å². The van der Waals surface area contributed by atoms with E-state index < -0.39 is 17.9 Å². The molecule has 0 bridgehead atoms. The topological polar surface area (TPSA) is 103 Å². The summed E-state index contributed by atoms with van der Waals surface area (Å²) in [6.07, 6.45) is 9.59. The van der Waals surface area contributed by atoms with Gasteiger partial charge in [-0.1, -0.05) is 31.7 Å².